The third-order valence-electron chi connectivity index (χ3n) is 7.98. The van der Waals surface area contributed by atoms with Crippen LogP contribution in [0.5, 0.6) is 0 Å². The second-order valence-corrected chi connectivity index (χ2v) is 13.8. The molecule has 47 heavy (non-hydrogen) atoms. The van der Waals surface area contributed by atoms with E-state index in [0.717, 1.165) is 0 Å². The van der Waals surface area contributed by atoms with Gasteiger partial charge in [0.25, 0.3) is 5.91 Å². The molecule has 4 unspecified atom stereocenters. The number of hydrogen-bond donors (Lipinski definition) is 5. The Labute approximate surface area is 276 Å². The molecule has 0 aromatic heterocycles. The number of urea groups is 1. The summed E-state index contributed by atoms with van der Waals surface area (Å²) in [4.78, 5) is 94.0. The van der Waals surface area contributed by atoms with Gasteiger partial charge in [-0.3, -0.25) is 28.8 Å². The maximum Gasteiger partial charge on any atom is 0.315 e. The summed E-state index contributed by atoms with van der Waals surface area (Å²) in [6, 6.07) is 4.28. The summed E-state index contributed by atoms with van der Waals surface area (Å²) in [6.45, 7) is 8.81. The quantitative estimate of drug-likeness (QED) is 0.193. The smallest absolute Gasteiger partial charge is 0.315 e. The Bertz CT molecular complexity index is 1340. The minimum atomic E-state index is -1.12. The number of ketones is 1. The average Bonchev–Trinajstić information content (AvgIpc) is 3.72. The molecule has 1 saturated carbocycles. The molecule has 14 nitrogen and oxygen atoms in total. The minimum Gasteiger partial charge on any atom is -0.347 e. The third-order valence-corrected chi connectivity index (χ3v) is 7.98. The van der Waals surface area contributed by atoms with E-state index in [1.807, 2.05) is 20.8 Å². The van der Waals surface area contributed by atoms with Gasteiger partial charge in [0, 0.05) is 26.2 Å². The van der Waals surface area contributed by atoms with Gasteiger partial charge in [0.1, 0.15) is 24.2 Å². The predicted molar refractivity (Wildman–Crippen MR) is 173 cm³/mol. The Morgan fingerprint density at radius 1 is 0.915 bits per heavy atom. The van der Waals surface area contributed by atoms with E-state index in [2.05, 4.69) is 26.6 Å². The Kier molecular flexibility index (Phi) is 12.5. The van der Waals surface area contributed by atoms with Gasteiger partial charge in [-0.1, -0.05) is 44.2 Å². The van der Waals surface area contributed by atoms with Crippen molar-refractivity contribution in [2.45, 2.75) is 90.0 Å². The number of rotatable bonds is 13. The number of likely N-dealkylation sites (tertiary alicyclic amines) is 1. The Balaban J connectivity index is 1.62. The highest BCUT2D eigenvalue weighted by Crippen LogP contribution is 2.33. The van der Waals surface area contributed by atoms with Crippen LogP contribution in [0.25, 0.3) is 0 Å². The van der Waals surface area contributed by atoms with Gasteiger partial charge in [-0.15, -0.1) is 0 Å². The van der Waals surface area contributed by atoms with Crippen LogP contribution >= 0.6 is 0 Å². The van der Waals surface area contributed by atoms with Crippen molar-refractivity contribution >= 4 is 41.4 Å². The van der Waals surface area contributed by atoms with E-state index in [-0.39, 0.29) is 17.7 Å². The molecule has 0 spiro atoms. The maximum absolute atomic E-state index is 13.6. The summed E-state index contributed by atoms with van der Waals surface area (Å²) in [5.74, 6) is -4.44. The monoisotopic (exact) mass is 655 g/mol. The zero-order valence-electron chi connectivity index (χ0n) is 28.3. The zero-order chi connectivity index (χ0) is 35.1. The highest BCUT2D eigenvalue weighted by Gasteiger charge is 2.44. The number of likely N-dealkylation sites (N-methyl/N-ethyl adjacent to an activating group) is 1. The van der Waals surface area contributed by atoms with Gasteiger partial charge in [-0.2, -0.15) is 0 Å². The van der Waals surface area contributed by atoms with Crippen LogP contribution in [-0.4, -0.2) is 102 Å². The zero-order valence-corrected chi connectivity index (χ0v) is 28.3. The summed E-state index contributed by atoms with van der Waals surface area (Å²) in [5, 5.41) is 13.1. The van der Waals surface area contributed by atoms with Crippen molar-refractivity contribution in [3.63, 3.8) is 0 Å². The molecule has 1 heterocycles. The van der Waals surface area contributed by atoms with E-state index in [9.17, 15) is 33.6 Å². The van der Waals surface area contributed by atoms with Crippen molar-refractivity contribution < 1.29 is 33.6 Å². The molecule has 0 radical (unpaired) electrons. The van der Waals surface area contributed by atoms with E-state index in [4.69, 9.17) is 0 Å². The van der Waals surface area contributed by atoms with Crippen molar-refractivity contribution in [3.05, 3.63) is 35.9 Å². The molecule has 258 valence electrons. The van der Waals surface area contributed by atoms with E-state index >= 15 is 0 Å². The molecule has 7 amide bonds. The second kappa shape index (κ2) is 15.9. The van der Waals surface area contributed by atoms with Crippen LogP contribution < -0.4 is 26.6 Å². The summed E-state index contributed by atoms with van der Waals surface area (Å²) < 4.78 is 0. The lowest BCUT2D eigenvalue weighted by Gasteiger charge is -2.32. The number of carbonyl (C=O) groups is 7. The average molecular weight is 656 g/mol. The predicted octanol–water partition coefficient (Wildman–Crippen LogP) is 0.626. The molecule has 1 aromatic carbocycles. The molecule has 3 rings (SSSR count). The highest BCUT2D eigenvalue weighted by atomic mass is 16.2. The normalized spacial score (nSPS) is 18.0. The minimum absolute atomic E-state index is 0.247. The second-order valence-electron chi connectivity index (χ2n) is 13.8. The van der Waals surface area contributed by atoms with E-state index < -0.39 is 71.7 Å². The van der Waals surface area contributed by atoms with Gasteiger partial charge in [-0.05, 0) is 63.9 Å². The van der Waals surface area contributed by atoms with Crippen LogP contribution in [0.4, 0.5) is 4.79 Å². The number of amides is 7. The van der Waals surface area contributed by atoms with Gasteiger partial charge in [-0.25, -0.2) is 4.79 Å². The van der Waals surface area contributed by atoms with Gasteiger partial charge in [0.05, 0.1) is 6.54 Å². The van der Waals surface area contributed by atoms with Crippen molar-refractivity contribution in [3.8, 4) is 0 Å². The topological polar surface area (TPSA) is 186 Å². The summed E-state index contributed by atoms with van der Waals surface area (Å²) in [5.41, 5.74) is 0.0440. The molecule has 1 aliphatic carbocycles. The van der Waals surface area contributed by atoms with E-state index in [1.165, 1.54) is 9.80 Å². The molecule has 5 N–H and O–H groups in total. The van der Waals surface area contributed by atoms with E-state index in [1.54, 1.807) is 58.3 Å². The first-order valence-corrected chi connectivity index (χ1v) is 16.1. The van der Waals surface area contributed by atoms with Gasteiger partial charge in [0.15, 0.2) is 0 Å². The number of nitrogens with one attached hydrogen (secondary N) is 5. The lowest BCUT2D eigenvalue weighted by Crippen LogP contribution is -2.59. The highest BCUT2D eigenvalue weighted by molar-refractivity contribution is 6.38. The number of benzene rings is 1. The first-order valence-electron chi connectivity index (χ1n) is 16.1. The molecule has 14 heteroatoms. The standard InChI is InChI=1S/C33H49N7O7/c1-19(2)24(37-32(47)38-33(3,4)5)31(46)40-17-11-14-22(40)28(43)36-25(21-15-16-21)27(42)29(44)34-18-23(41)35-26(30(45)39(6)7)20-12-9-8-10-13-20/h8-10,12-13,19,21-22,24-26H,11,14-18H2,1-7H3,(H,34,44)(H,35,41)(H,36,43)(H2,37,38,47). The van der Waals surface area contributed by atoms with Crippen LogP contribution in [0.15, 0.2) is 30.3 Å². The number of Topliss-reactive ketones (excluding diaryl/α,β-unsaturated/α-hetero) is 1. The Hall–Kier alpha value is -4.49. The Morgan fingerprint density at radius 2 is 1.55 bits per heavy atom. The van der Waals surface area contributed by atoms with Crippen molar-refractivity contribution in [2.24, 2.45) is 11.8 Å². The molecule has 2 fully saturated rings. The maximum atomic E-state index is 13.6. The summed E-state index contributed by atoms with van der Waals surface area (Å²) in [7, 11) is 3.12. The fraction of sp³-hybridized carbons (Fsp3) is 0.606. The van der Waals surface area contributed by atoms with Crippen molar-refractivity contribution in [1.29, 1.82) is 0 Å². The summed E-state index contributed by atoms with van der Waals surface area (Å²) in [6.07, 6.45) is 2.18. The summed E-state index contributed by atoms with van der Waals surface area (Å²) >= 11 is 0. The largest absolute Gasteiger partial charge is 0.347 e. The molecule has 1 aliphatic heterocycles. The van der Waals surface area contributed by atoms with Crippen LogP contribution in [0.3, 0.4) is 0 Å². The molecule has 4 atom stereocenters. The first kappa shape index (κ1) is 37.0. The van der Waals surface area contributed by atoms with Crippen molar-refractivity contribution in [1.82, 2.24) is 36.4 Å². The first-order chi connectivity index (χ1) is 22.0. The van der Waals surface area contributed by atoms with Crippen LogP contribution in [0.1, 0.15) is 71.9 Å². The third kappa shape index (κ3) is 10.5. The fourth-order valence-electron chi connectivity index (χ4n) is 5.38. The van der Waals surface area contributed by atoms with Crippen LogP contribution in [-0.2, 0) is 28.8 Å². The van der Waals surface area contributed by atoms with Gasteiger partial charge < -0.3 is 36.4 Å². The lowest BCUT2D eigenvalue weighted by molar-refractivity contribution is -0.143. The van der Waals surface area contributed by atoms with Crippen LogP contribution in [0, 0.1) is 11.8 Å². The molecular weight excluding hydrogens is 606 g/mol. The number of carbonyl (C=O) groups excluding carboxylic acids is 7. The molecule has 1 saturated heterocycles. The van der Waals surface area contributed by atoms with Crippen molar-refractivity contribution in [2.75, 3.05) is 27.2 Å². The van der Waals surface area contributed by atoms with E-state index in [0.29, 0.717) is 37.8 Å². The molecular formula is C33H49N7O7. The SMILES string of the molecule is CC(C)C(NC(=O)NC(C)(C)C)C(=O)N1CCCC1C(=O)NC(C(=O)C(=O)NCC(=O)NC(C(=O)N(C)C)c1ccccc1)C1CC1. The molecule has 0 bridgehead atoms. The van der Waals surface area contributed by atoms with Crippen LogP contribution in [0.2, 0.25) is 0 Å². The number of nitrogens with zero attached hydrogens (tertiary/aromatic N) is 2. The number of hydrogen-bond acceptors (Lipinski definition) is 7. The fourth-order valence-corrected chi connectivity index (χ4v) is 5.38. The van der Waals surface area contributed by atoms with Gasteiger partial charge in [0.2, 0.25) is 29.4 Å². The Morgan fingerprint density at radius 3 is 2.11 bits per heavy atom. The van der Waals surface area contributed by atoms with Gasteiger partial charge >= 0.3 is 6.03 Å². The molecule has 1 aromatic rings. The lowest BCUT2D eigenvalue weighted by atomic mass is 10.0. The molecule has 2 aliphatic rings.